The van der Waals surface area contributed by atoms with Crippen LogP contribution in [0.4, 0.5) is 0 Å². The van der Waals surface area contributed by atoms with Gasteiger partial charge in [0.2, 0.25) is 0 Å². The highest BCUT2D eigenvalue weighted by Crippen LogP contribution is 2.08. The van der Waals surface area contributed by atoms with Crippen molar-refractivity contribution < 1.29 is 0 Å². The molecular formula is C9H17. The fourth-order valence-electron chi connectivity index (χ4n) is 0.850. The third kappa shape index (κ3) is 4.26. The van der Waals surface area contributed by atoms with E-state index in [1.54, 1.807) is 0 Å². The van der Waals surface area contributed by atoms with Crippen LogP contribution in [0.3, 0.4) is 0 Å². The number of allylic oxidation sites excluding steroid dienone is 2. The first kappa shape index (κ1) is 8.74. The maximum atomic E-state index is 3.74. The second kappa shape index (κ2) is 5.87. The normalized spacial score (nSPS) is 11.6. The van der Waals surface area contributed by atoms with E-state index in [0.29, 0.717) is 0 Å². The average molecular weight is 125 g/mol. The maximum Gasteiger partial charge on any atom is -0.0239 e. The molecule has 0 bridgehead atoms. The van der Waals surface area contributed by atoms with E-state index in [1.165, 1.54) is 12.8 Å². The molecule has 0 aromatic heterocycles. The van der Waals surface area contributed by atoms with Crippen molar-refractivity contribution in [3.8, 4) is 0 Å². The predicted octanol–water partition coefficient (Wildman–Crippen LogP) is 3.20. The van der Waals surface area contributed by atoms with E-state index < -0.39 is 0 Å². The molecule has 0 N–H and O–H groups in total. The molecule has 0 unspecified atom stereocenters. The van der Waals surface area contributed by atoms with Gasteiger partial charge in [0.15, 0.2) is 0 Å². The van der Waals surface area contributed by atoms with Crippen LogP contribution in [0.2, 0.25) is 0 Å². The van der Waals surface area contributed by atoms with Crippen LogP contribution in [-0.4, -0.2) is 0 Å². The molecule has 0 aliphatic rings. The van der Waals surface area contributed by atoms with Crippen molar-refractivity contribution in [2.45, 2.75) is 33.1 Å². The Balaban J connectivity index is 3.41. The lowest BCUT2D eigenvalue weighted by atomic mass is 10.0. The molecule has 0 fully saturated rings. The Morgan fingerprint density at radius 2 is 1.89 bits per heavy atom. The Kier molecular flexibility index (Phi) is 5.70. The Hall–Kier alpha value is -0.260. The van der Waals surface area contributed by atoms with Crippen LogP contribution in [-0.2, 0) is 0 Å². The smallest absolute Gasteiger partial charge is 0.0239 e. The molecule has 0 aliphatic carbocycles. The quantitative estimate of drug-likeness (QED) is 0.506. The summed E-state index contributed by atoms with van der Waals surface area (Å²) < 4.78 is 0. The highest BCUT2D eigenvalue weighted by molar-refractivity contribution is 4.87. The van der Waals surface area contributed by atoms with Gasteiger partial charge in [-0.15, -0.1) is 0 Å². The van der Waals surface area contributed by atoms with Crippen LogP contribution in [0.5, 0.6) is 0 Å². The summed E-state index contributed by atoms with van der Waals surface area (Å²) in [5.41, 5.74) is 0. The second-order valence-corrected chi connectivity index (χ2v) is 2.29. The summed E-state index contributed by atoms with van der Waals surface area (Å²) in [7, 11) is 0. The van der Waals surface area contributed by atoms with E-state index in [4.69, 9.17) is 0 Å². The van der Waals surface area contributed by atoms with Crippen LogP contribution in [0.1, 0.15) is 33.1 Å². The van der Waals surface area contributed by atoms with Gasteiger partial charge in [-0.05, 0) is 32.1 Å². The summed E-state index contributed by atoms with van der Waals surface area (Å²) in [6.45, 7) is 8.19. The Morgan fingerprint density at radius 1 is 1.33 bits per heavy atom. The van der Waals surface area contributed by atoms with Gasteiger partial charge in [-0.25, -0.2) is 0 Å². The van der Waals surface area contributed by atoms with Gasteiger partial charge in [-0.3, -0.25) is 0 Å². The van der Waals surface area contributed by atoms with E-state index >= 15 is 0 Å². The summed E-state index contributed by atoms with van der Waals surface area (Å²) in [4.78, 5) is 0. The lowest BCUT2D eigenvalue weighted by molar-refractivity contribution is 0.605. The molecular weight excluding hydrogens is 108 g/mol. The minimum Gasteiger partial charge on any atom is -0.0883 e. The topological polar surface area (TPSA) is 0 Å². The summed E-state index contributed by atoms with van der Waals surface area (Å²) in [6.07, 6.45) is 7.86. The third-order valence-electron chi connectivity index (χ3n) is 1.62. The van der Waals surface area contributed by atoms with Gasteiger partial charge in [0.25, 0.3) is 0 Å². The first-order valence-corrected chi connectivity index (χ1v) is 3.81. The standard InChI is InChI=1S/C9H17/c1-4-7-8-9(5-2)6-3/h7-9H,1,4-6H2,2-3H3. The molecule has 0 aromatic rings. The fraction of sp³-hybridized carbons (Fsp3) is 0.667. The second-order valence-electron chi connectivity index (χ2n) is 2.29. The lowest BCUT2D eigenvalue weighted by Gasteiger charge is -2.03. The van der Waals surface area contributed by atoms with Gasteiger partial charge in [-0.2, -0.15) is 0 Å². The molecule has 0 saturated heterocycles. The molecule has 0 spiro atoms. The minimum absolute atomic E-state index is 0.784. The highest BCUT2D eigenvalue weighted by atomic mass is 14.0. The Morgan fingerprint density at radius 3 is 2.22 bits per heavy atom. The zero-order valence-corrected chi connectivity index (χ0v) is 6.56. The van der Waals surface area contributed by atoms with Crippen LogP contribution < -0.4 is 0 Å². The molecule has 0 heterocycles. The van der Waals surface area contributed by atoms with E-state index in [2.05, 4.69) is 32.9 Å². The molecule has 0 amide bonds. The molecule has 0 atom stereocenters. The van der Waals surface area contributed by atoms with Crippen molar-refractivity contribution in [3.05, 3.63) is 19.1 Å². The molecule has 53 valence electrons. The van der Waals surface area contributed by atoms with E-state index in [-0.39, 0.29) is 0 Å². The molecule has 1 radical (unpaired) electrons. The van der Waals surface area contributed by atoms with Crippen LogP contribution in [0, 0.1) is 12.8 Å². The molecule has 0 nitrogen and oxygen atoms in total. The van der Waals surface area contributed by atoms with Crippen molar-refractivity contribution in [2.24, 2.45) is 5.92 Å². The molecule has 9 heavy (non-hydrogen) atoms. The van der Waals surface area contributed by atoms with Crippen molar-refractivity contribution in [3.63, 3.8) is 0 Å². The number of rotatable bonds is 4. The minimum atomic E-state index is 0.784. The SMILES string of the molecule is [CH2]CC=CC(CC)CC. The monoisotopic (exact) mass is 125 g/mol. The Bertz CT molecular complexity index is 68.1. The maximum absolute atomic E-state index is 3.74. The van der Waals surface area contributed by atoms with E-state index in [1.807, 2.05) is 0 Å². The highest BCUT2D eigenvalue weighted by Gasteiger charge is 1.94. The first-order chi connectivity index (χ1) is 4.35. The van der Waals surface area contributed by atoms with Gasteiger partial charge < -0.3 is 0 Å². The summed E-state index contributed by atoms with van der Waals surface area (Å²) >= 11 is 0. The van der Waals surface area contributed by atoms with Gasteiger partial charge in [0, 0.05) is 0 Å². The summed E-state index contributed by atoms with van der Waals surface area (Å²) in [5, 5.41) is 0. The largest absolute Gasteiger partial charge is 0.0883 e. The lowest BCUT2D eigenvalue weighted by Crippen LogP contribution is -1.89. The molecule has 0 heteroatoms. The predicted molar refractivity (Wildman–Crippen MR) is 43.2 cm³/mol. The van der Waals surface area contributed by atoms with E-state index in [9.17, 15) is 0 Å². The molecule has 0 rings (SSSR count). The summed E-state index contributed by atoms with van der Waals surface area (Å²) in [6, 6.07) is 0. The van der Waals surface area contributed by atoms with Gasteiger partial charge >= 0.3 is 0 Å². The van der Waals surface area contributed by atoms with E-state index in [0.717, 1.165) is 12.3 Å². The average Bonchev–Trinajstić information content (AvgIpc) is 1.91. The van der Waals surface area contributed by atoms with Crippen LogP contribution in [0.15, 0.2) is 12.2 Å². The zero-order chi connectivity index (χ0) is 7.11. The van der Waals surface area contributed by atoms with Gasteiger partial charge in [0.05, 0.1) is 0 Å². The van der Waals surface area contributed by atoms with Crippen molar-refractivity contribution >= 4 is 0 Å². The van der Waals surface area contributed by atoms with Crippen molar-refractivity contribution in [2.75, 3.05) is 0 Å². The van der Waals surface area contributed by atoms with Crippen molar-refractivity contribution in [1.82, 2.24) is 0 Å². The first-order valence-electron chi connectivity index (χ1n) is 3.81. The van der Waals surface area contributed by atoms with Gasteiger partial charge in [0.1, 0.15) is 0 Å². The molecule has 0 aliphatic heterocycles. The zero-order valence-electron chi connectivity index (χ0n) is 6.56. The van der Waals surface area contributed by atoms with Crippen molar-refractivity contribution in [1.29, 1.82) is 0 Å². The fourth-order valence-corrected chi connectivity index (χ4v) is 0.850. The Labute approximate surface area is 59.0 Å². The van der Waals surface area contributed by atoms with Gasteiger partial charge in [-0.1, -0.05) is 26.0 Å². The molecule has 0 aromatic carbocycles. The van der Waals surface area contributed by atoms with Crippen LogP contribution >= 0.6 is 0 Å². The molecule has 0 saturated carbocycles. The third-order valence-corrected chi connectivity index (χ3v) is 1.62. The van der Waals surface area contributed by atoms with Crippen LogP contribution in [0.25, 0.3) is 0 Å². The number of hydrogen-bond donors (Lipinski definition) is 0. The number of hydrogen-bond acceptors (Lipinski definition) is 0. The summed E-state index contributed by atoms with van der Waals surface area (Å²) in [5.74, 6) is 0.784.